The van der Waals surface area contributed by atoms with Crippen LogP contribution in [0.1, 0.15) is 11.1 Å². The van der Waals surface area contributed by atoms with E-state index in [2.05, 4.69) is 0 Å². The number of hydrogen-bond acceptors (Lipinski definition) is 5. The van der Waals surface area contributed by atoms with Crippen LogP contribution >= 0.6 is 0 Å². The fourth-order valence-corrected chi connectivity index (χ4v) is 2.36. The first-order valence-electron chi connectivity index (χ1n) is 7.89. The monoisotopic (exact) mass is 344 g/mol. The van der Waals surface area contributed by atoms with Gasteiger partial charge in [0.05, 0.1) is 41.7 Å². The second kappa shape index (κ2) is 9.59. The predicted octanol–water partition coefficient (Wildman–Crippen LogP) is 3.95. The van der Waals surface area contributed by atoms with E-state index in [1.807, 2.05) is 48.6 Å². The van der Waals surface area contributed by atoms with E-state index in [-0.39, 0.29) is 0 Å². The number of ether oxygens (including phenoxy) is 5. The summed E-state index contributed by atoms with van der Waals surface area (Å²) in [4.78, 5) is 0. The second-order valence-electron chi connectivity index (χ2n) is 5.22. The van der Waals surface area contributed by atoms with Gasteiger partial charge in [-0.1, -0.05) is 24.3 Å². The molecule has 5 heteroatoms. The van der Waals surface area contributed by atoms with Crippen molar-refractivity contribution in [2.75, 3.05) is 35.0 Å². The Labute approximate surface area is 148 Å². The summed E-state index contributed by atoms with van der Waals surface area (Å²) in [7, 11) is 6.48. The highest BCUT2D eigenvalue weighted by Crippen LogP contribution is 2.28. The maximum absolute atomic E-state index is 5.68. The quantitative estimate of drug-likeness (QED) is 0.645. The van der Waals surface area contributed by atoms with Gasteiger partial charge >= 0.3 is 0 Å². The maximum Gasteiger partial charge on any atom is 0.161 e. The molecule has 0 aliphatic carbocycles. The Hall–Kier alpha value is -2.66. The molecule has 0 saturated heterocycles. The molecular formula is C20H24O5. The van der Waals surface area contributed by atoms with Gasteiger partial charge in [-0.15, -0.1) is 0 Å². The van der Waals surface area contributed by atoms with Crippen LogP contribution in [0.5, 0.6) is 23.0 Å². The van der Waals surface area contributed by atoms with Crippen molar-refractivity contribution < 1.29 is 23.7 Å². The van der Waals surface area contributed by atoms with Gasteiger partial charge in [-0.3, -0.25) is 0 Å². The summed E-state index contributed by atoms with van der Waals surface area (Å²) in [6.07, 6.45) is 3.94. The van der Waals surface area contributed by atoms with Gasteiger partial charge in [0.15, 0.2) is 23.0 Å². The Morgan fingerprint density at radius 3 is 1.96 bits per heavy atom. The van der Waals surface area contributed by atoms with Crippen LogP contribution in [0.3, 0.4) is 0 Å². The molecule has 0 aliphatic heterocycles. The summed E-state index contributed by atoms with van der Waals surface area (Å²) in [5.41, 5.74) is 2.05. The zero-order valence-electron chi connectivity index (χ0n) is 15.1. The van der Waals surface area contributed by atoms with Gasteiger partial charge < -0.3 is 23.7 Å². The number of benzene rings is 2. The average Bonchev–Trinajstić information content (AvgIpc) is 2.67. The minimum atomic E-state index is 0.497. The van der Waals surface area contributed by atoms with Crippen molar-refractivity contribution >= 4 is 6.08 Å². The average molecular weight is 344 g/mol. The Kier molecular flexibility index (Phi) is 7.16. The number of hydrogen-bond donors (Lipinski definition) is 0. The second-order valence-corrected chi connectivity index (χ2v) is 5.22. The van der Waals surface area contributed by atoms with Crippen LogP contribution in [0.2, 0.25) is 0 Å². The van der Waals surface area contributed by atoms with E-state index in [1.165, 1.54) is 0 Å². The fourth-order valence-electron chi connectivity index (χ4n) is 2.36. The predicted molar refractivity (Wildman–Crippen MR) is 97.8 cm³/mol. The smallest absolute Gasteiger partial charge is 0.161 e. The van der Waals surface area contributed by atoms with Crippen molar-refractivity contribution in [2.45, 2.75) is 6.61 Å². The topological polar surface area (TPSA) is 46.2 Å². The molecule has 25 heavy (non-hydrogen) atoms. The molecule has 0 N–H and O–H groups in total. The van der Waals surface area contributed by atoms with Crippen LogP contribution < -0.4 is 18.9 Å². The van der Waals surface area contributed by atoms with E-state index in [0.717, 1.165) is 11.1 Å². The summed E-state index contributed by atoms with van der Waals surface area (Å²) < 4.78 is 26.7. The SMILES string of the molecule is COc1ccc(/C=C/COCc2ccc(OC)c(OC)c2)cc1OC. The summed E-state index contributed by atoms with van der Waals surface area (Å²) >= 11 is 0. The molecule has 2 aromatic carbocycles. The molecule has 0 unspecified atom stereocenters. The van der Waals surface area contributed by atoms with Gasteiger partial charge in [0, 0.05) is 0 Å². The van der Waals surface area contributed by atoms with Crippen LogP contribution in [-0.4, -0.2) is 35.0 Å². The fraction of sp³-hybridized carbons (Fsp3) is 0.300. The van der Waals surface area contributed by atoms with Gasteiger partial charge in [0.2, 0.25) is 0 Å². The zero-order chi connectivity index (χ0) is 18.1. The molecule has 134 valence electrons. The third kappa shape index (κ3) is 5.16. The first-order valence-corrected chi connectivity index (χ1v) is 7.89. The van der Waals surface area contributed by atoms with Gasteiger partial charge in [-0.25, -0.2) is 0 Å². The summed E-state index contributed by atoms with van der Waals surface area (Å²) in [6, 6.07) is 11.5. The van der Waals surface area contributed by atoms with Crippen LogP contribution in [0, 0.1) is 0 Å². The molecule has 5 nitrogen and oxygen atoms in total. The van der Waals surface area contributed by atoms with E-state index in [0.29, 0.717) is 36.2 Å². The normalized spacial score (nSPS) is 10.7. The molecule has 0 heterocycles. The third-order valence-corrected chi connectivity index (χ3v) is 3.65. The summed E-state index contributed by atoms with van der Waals surface area (Å²) in [6.45, 7) is 0.999. The first kappa shape index (κ1) is 18.7. The first-order chi connectivity index (χ1) is 12.2. The van der Waals surface area contributed by atoms with Gasteiger partial charge in [0.1, 0.15) is 0 Å². The molecule has 0 spiro atoms. The molecule has 2 aromatic rings. The standard InChI is InChI=1S/C20H24O5/c1-21-17-9-7-15(12-19(17)23-3)6-5-11-25-14-16-8-10-18(22-2)20(13-16)24-4/h5-10,12-13H,11,14H2,1-4H3/b6-5+. The Bertz CT molecular complexity index is 709. The van der Waals surface area contributed by atoms with E-state index in [4.69, 9.17) is 23.7 Å². The minimum Gasteiger partial charge on any atom is -0.493 e. The Morgan fingerprint density at radius 1 is 0.720 bits per heavy atom. The van der Waals surface area contributed by atoms with Crippen LogP contribution in [0.15, 0.2) is 42.5 Å². The molecule has 0 radical (unpaired) electrons. The summed E-state index contributed by atoms with van der Waals surface area (Å²) in [5, 5.41) is 0. The van der Waals surface area contributed by atoms with Gasteiger partial charge in [-0.05, 0) is 35.4 Å². The number of methoxy groups -OCH3 is 4. The van der Waals surface area contributed by atoms with Crippen LogP contribution in [0.4, 0.5) is 0 Å². The minimum absolute atomic E-state index is 0.497. The van der Waals surface area contributed by atoms with E-state index in [1.54, 1.807) is 28.4 Å². The lowest BCUT2D eigenvalue weighted by Crippen LogP contribution is -1.96. The lowest BCUT2D eigenvalue weighted by molar-refractivity contribution is 0.149. The Morgan fingerprint density at radius 2 is 1.32 bits per heavy atom. The molecule has 0 aromatic heterocycles. The molecule has 0 fully saturated rings. The highest BCUT2D eigenvalue weighted by Gasteiger charge is 2.04. The number of rotatable bonds is 9. The van der Waals surface area contributed by atoms with Crippen molar-refractivity contribution in [3.63, 3.8) is 0 Å². The third-order valence-electron chi connectivity index (χ3n) is 3.65. The van der Waals surface area contributed by atoms with Crippen LogP contribution in [0.25, 0.3) is 6.08 Å². The van der Waals surface area contributed by atoms with Gasteiger partial charge in [-0.2, -0.15) is 0 Å². The van der Waals surface area contributed by atoms with E-state index >= 15 is 0 Å². The Balaban J connectivity index is 1.87. The maximum atomic E-state index is 5.68. The molecule has 0 amide bonds. The van der Waals surface area contributed by atoms with Gasteiger partial charge in [0.25, 0.3) is 0 Å². The highest BCUT2D eigenvalue weighted by atomic mass is 16.5. The largest absolute Gasteiger partial charge is 0.493 e. The lowest BCUT2D eigenvalue weighted by Gasteiger charge is -2.09. The van der Waals surface area contributed by atoms with Crippen molar-refractivity contribution in [3.05, 3.63) is 53.6 Å². The van der Waals surface area contributed by atoms with Crippen molar-refractivity contribution in [1.82, 2.24) is 0 Å². The van der Waals surface area contributed by atoms with Crippen molar-refractivity contribution in [2.24, 2.45) is 0 Å². The highest BCUT2D eigenvalue weighted by molar-refractivity contribution is 5.55. The lowest BCUT2D eigenvalue weighted by atomic mass is 10.2. The zero-order valence-corrected chi connectivity index (χ0v) is 15.1. The molecule has 0 aliphatic rings. The molecular weight excluding hydrogens is 320 g/mol. The summed E-state index contributed by atoms with van der Waals surface area (Å²) in [5.74, 6) is 2.82. The van der Waals surface area contributed by atoms with E-state index in [9.17, 15) is 0 Å². The molecule has 0 atom stereocenters. The molecule has 2 rings (SSSR count). The van der Waals surface area contributed by atoms with Crippen LogP contribution in [-0.2, 0) is 11.3 Å². The molecule has 0 bridgehead atoms. The van der Waals surface area contributed by atoms with Crippen molar-refractivity contribution in [3.8, 4) is 23.0 Å². The van der Waals surface area contributed by atoms with E-state index < -0.39 is 0 Å². The molecule has 0 saturated carbocycles. The van der Waals surface area contributed by atoms with Crippen molar-refractivity contribution in [1.29, 1.82) is 0 Å².